The quantitative estimate of drug-likeness (QED) is 0.879. The van der Waals surface area contributed by atoms with Gasteiger partial charge in [-0.15, -0.1) is 10.2 Å². The first kappa shape index (κ1) is 12.9. The van der Waals surface area contributed by atoms with Gasteiger partial charge >= 0.3 is 0 Å². The minimum atomic E-state index is -0.328. The number of rotatable bonds is 4. The number of hydrogen-bond donors (Lipinski definition) is 1. The fourth-order valence-electron chi connectivity index (χ4n) is 1.71. The number of carbonyl (C=O) groups excluding carboxylic acids is 1. The van der Waals surface area contributed by atoms with Gasteiger partial charge in [-0.25, -0.2) is 4.39 Å². The van der Waals surface area contributed by atoms with E-state index >= 15 is 0 Å². The summed E-state index contributed by atoms with van der Waals surface area (Å²) in [6.07, 6.45) is 5.22. The second-order valence-electron chi connectivity index (χ2n) is 4.60. The van der Waals surface area contributed by atoms with Crippen molar-refractivity contribution in [3.05, 3.63) is 46.7 Å². The molecule has 1 N–H and O–H groups in total. The van der Waals surface area contributed by atoms with Crippen molar-refractivity contribution in [3.8, 4) is 0 Å². The van der Waals surface area contributed by atoms with Crippen LogP contribution in [0.4, 0.5) is 9.52 Å². The van der Waals surface area contributed by atoms with E-state index in [4.69, 9.17) is 0 Å². The van der Waals surface area contributed by atoms with E-state index in [1.165, 1.54) is 29.5 Å². The highest BCUT2D eigenvalue weighted by Crippen LogP contribution is 2.41. The predicted molar refractivity (Wildman–Crippen MR) is 75.9 cm³/mol. The van der Waals surface area contributed by atoms with Crippen molar-refractivity contribution in [3.63, 3.8) is 0 Å². The molecule has 0 saturated heterocycles. The van der Waals surface area contributed by atoms with Gasteiger partial charge in [0.2, 0.25) is 11.0 Å². The molecule has 102 valence electrons. The molecule has 2 aromatic rings. The third kappa shape index (κ3) is 3.27. The Morgan fingerprint density at radius 3 is 3.00 bits per heavy atom. The molecule has 0 unspecified atom stereocenters. The van der Waals surface area contributed by atoms with Crippen LogP contribution in [0, 0.1) is 5.82 Å². The molecule has 1 fully saturated rings. The summed E-state index contributed by atoms with van der Waals surface area (Å²) in [4.78, 5) is 11.7. The summed E-state index contributed by atoms with van der Waals surface area (Å²) in [5.41, 5.74) is 0.635. The molecule has 1 aliphatic carbocycles. The van der Waals surface area contributed by atoms with Crippen LogP contribution in [0.2, 0.25) is 0 Å². The van der Waals surface area contributed by atoms with E-state index in [0.29, 0.717) is 16.6 Å². The Labute approximate surface area is 119 Å². The Balaban J connectivity index is 1.61. The summed E-state index contributed by atoms with van der Waals surface area (Å²) in [6, 6.07) is 6.04. The first-order valence-corrected chi connectivity index (χ1v) is 7.10. The van der Waals surface area contributed by atoms with Crippen molar-refractivity contribution in [2.75, 3.05) is 5.32 Å². The summed E-state index contributed by atoms with van der Waals surface area (Å²) in [5, 5.41) is 12.1. The molecule has 1 heterocycles. The minimum absolute atomic E-state index is 0.298. The summed E-state index contributed by atoms with van der Waals surface area (Å²) in [7, 11) is 0. The largest absolute Gasteiger partial charge is 0.297 e. The highest BCUT2D eigenvalue weighted by Gasteiger charge is 2.27. The molecule has 1 saturated carbocycles. The lowest BCUT2D eigenvalue weighted by Gasteiger charge is -1.95. The predicted octanol–water partition coefficient (Wildman–Crippen LogP) is 3.21. The van der Waals surface area contributed by atoms with Crippen molar-refractivity contribution < 1.29 is 9.18 Å². The smallest absolute Gasteiger partial charge is 0.250 e. The second-order valence-corrected chi connectivity index (χ2v) is 5.61. The molecule has 4 nitrogen and oxygen atoms in total. The van der Waals surface area contributed by atoms with E-state index in [0.717, 1.165) is 17.8 Å². The topological polar surface area (TPSA) is 54.9 Å². The first-order valence-electron chi connectivity index (χ1n) is 6.29. The molecule has 0 spiro atoms. The molecule has 0 aliphatic heterocycles. The van der Waals surface area contributed by atoms with Crippen LogP contribution in [0.3, 0.4) is 0 Å². The lowest BCUT2D eigenvalue weighted by Crippen LogP contribution is -2.07. The lowest BCUT2D eigenvalue weighted by molar-refractivity contribution is -0.111. The molecule has 0 bridgehead atoms. The van der Waals surface area contributed by atoms with E-state index in [1.807, 2.05) is 0 Å². The Hall–Kier alpha value is -2.08. The van der Waals surface area contributed by atoms with Crippen molar-refractivity contribution >= 4 is 28.5 Å². The van der Waals surface area contributed by atoms with Crippen LogP contribution in [0.25, 0.3) is 6.08 Å². The number of amides is 1. The molecule has 1 aliphatic rings. The molecule has 3 rings (SSSR count). The van der Waals surface area contributed by atoms with E-state index in [9.17, 15) is 9.18 Å². The van der Waals surface area contributed by atoms with Gasteiger partial charge in [-0.2, -0.15) is 0 Å². The summed E-state index contributed by atoms with van der Waals surface area (Å²) in [5.74, 6) is -0.0977. The molecule has 6 heteroatoms. The standard InChI is InChI=1S/C14H12FN3OS/c15-11-3-1-2-9(8-11)4-7-12(19)16-14-18-17-13(20-14)10-5-6-10/h1-4,7-8,10H,5-6H2,(H,16,18,19)/b7-4+. The maximum Gasteiger partial charge on any atom is 0.250 e. The number of halogens is 1. The van der Waals surface area contributed by atoms with Crippen molar-refractivity contribution in [1.29, 1.82) is 0 Å². The number of nitrogens with one attached hydrogen (secondary N) is 1. The molecule has 1 aromatic carbocycles. The van der Waals surface area contributed by atoms with Gasteiger partial charge in [0, 0.05) is 12.0 Å². The highest BCUT2D eigenvalue weighted by atomic mass is 32.1. The van der Waals surface area contributed by atoms with Crippen molar-refractivity contribution in [2.24, 2.45) is 0 Å². The molecule has 1 amide bonds. The third-order valence-electron chi connectivity index (χ3n) is 2.87. The van der Waals surface area contributed by atoms with Crippen LogP contribution in [0.1, 0.15) is 29.3 Å². The minimum Gasteiger partial charge on any atom is -0.297 e. The molecular weight excluding hydrogens is 277 g/mol. The van der Waals surface area contributed by atoms with E-state index in [1.54, 1.807) is 18.2 Å². The van der Waals surface area contributed by atoms with Gasteiger partial charge in [-0.3, -0.25) is 10.1 Å². The molecule has 1 aromatic heterocycles. The van der Waals surface area contributed by atoms with Crippen LogP contribution in [-0.4, -0.2) is 16.1 Å². The van der Waals surface area contributed by atoms with Gasteiger partial charge in [0.25, 0.3) is 0 Å². The zero-order chi connectivity index (χ0) is 13.9. The van der Waals surface area contributed by atoms with Crippen LogP contribution < -0.4 is 5.32 Å². The van der Waals surface area contributed by atoms with Crippen molar-refractivity contribution in [1.82, 2.24) is 10.2 Å². The second kappa shape index (κ2) is 5.50. The Morgan fingerprint density at radius 1 is 1.40 bits per heavy atom. The Bertz CT molecular complexity index is 664. The zero-order valence-corrected chi connectivity index (χ0v) is 11.4. The summed E-state index contributed by atoms with van der Waals surface area (Å²) < 4.78 is 13.0. The maximum atomic E-state index is 13.0. The van der Waals surface area contributed by atoms with Gasteiger partial charge in [0.05, 0.1) is 0 Å². The van der Waals surface area contributed by atoms with Gasteiger partial charge in [0.15, 0.2) is 0 Å². The normalized spacial score (nSPS) is 14.7. The fourth-order valence-corrected chi connectivity index (χ4v) is 2.62. The van der Waals surface area contributed by atoms with Gasteiger partial charge < -0.3 is 0 Å². The zero-order valence-electron chi connectivity index (χ0n) is 10.5. The molecule has 20 heavy (non-hydrogen) atoms. The van der Waals surface area contributed by atoms with Crippen LogP contribution in [-0.2, 0) is 4.79 Å². The molecule has 0 atom stereocenters. The first-order chi connectivity index (χ1) is 9.70. The number of carbonyl (C=O) groups is 1. The highest BCUT2D eigenvalue weighted by molar-refractivity contribution is 7.15. The van der Waals surface area contributed by atoms with E-state index in [2.05, 4.69) is 15.5 Å². The van der Waals surface area contributed by atoms with Gasteiger partial charge in [-0.05, 0) is 36.6 Å². The number of anilines is 1. The Kier molecular flexibility index (Phi) is 3.56. The summed E-state index contributed by atoms with van der Waals surface area (Å²) >= 11 is 1.41. The van der Waals surface area contributed by atoms with E-state index < -0.39 is 0 Å². The molecule has 0 radical (unpaired) electrons. The number of hydrogen-bond acceptors (Lipinski definition) is 4. The monoisotopic (exact) mass is 289 g/mol. The average molecular weight is 289 g/mol. The fraction of sp³-hybridized carbons (Fsp3) is 0.214. The van der Waals surface area contributed by atoms with Crippen molar-refractivity contribution in [2.45, 2.75) is 18.8 Å². The third-order valence-corrected chi connectivity index (χ3v) is 3.87. The molecular formula is C14H12FN3OS. The average Bonchev–Trinajstić information content (AvgIpc) is 3.18. The van der Waals surface area contributed by atoms with Gasteiger partial charge in [-0.1, -0.05) is 23.5 Å². The van der Waals surface area contributed by atoms with E-state index in [-0.39, 0.29) is 11.7 Å². The van der Waals surface area contributed by atoms with Gasteiger partial charge in [0.1, 0.15) is 10.8 Å². The SMILES string of the molecule is O=C(/C=C/c1cccc(F)c1)Nc1nnc(C2CC2)s1. The number of nitrogens with zero attached hydrogens (tertiary/aromatic N) is 2. The number of aromatic nitrogens is 2. The van der Waals surface area contributed by atoms with Crippen LogP contribution in [0.5, 0.6) is 0 Å². The Morgan fingerprint density at radius 2 is 2.25 bits per heavy atom. The lowest BCUT2D eigenvalue weighted by atomic mass is 10.2. The van der Waals surface area contributed by atoms with Crippen LogP contribution in [0.15, 0.2) is 30.3 Å². The summed E-state index contributed by atoms with van der Waals surface area (Å²) in [6.45, 7) is 0. The number of benzene rings is 1. The van der Waals surface area contributed by atoms with Crippen LogP contribution >= 0.6 is 11.3 Å². The maximum absolute atomic E-state index is 13.0.